The third-order valence-electron chi connectivity index (χ3n) is 3.97. The minimum Gasteiger partial charge on any atom is -0.360 e. The number of para-hydroxylation sites is 1. The maximum absolute atomic E-state index is 12.7. The van der Waals surface area contributed by atoms with Crippen LogP contribution in [-0.2, 0) is 4.79 Å². The molecule has 1 aromatic carbocycles. The number of benzene rings is 1. The van der Waals surface area contributed by atoms with Crippen molar-refractivity contribution in [1.29, 1.82) is 0 Å². The van der Waals surface area contributed by atoms with Crippen molar-refractivity contribution < 1.29 is 14.1 Å². The summed E-state index contributed by atoms with van der Waals surface area (Å²) >= 11 is 6.16. The van der Waals surface area contributed by atoms with Crippen LogP contribution in [0.25, 0.3) is 0 Å². The van der Waals surface area contributed by atoms with Crippen molar-refractivity contribution in [3.63, 3.8) is 0 Å². The molecule has 7 nitrogen and oxygen atoms in total. The van der Waals surface area contributed by atoms with Gasteiger partial charge in [-0.15, -0.1) is 0 Å². The zero-order valence-electron chi connectivity index (χ0n) is 13.3. The largest absolute Gasteiger partial charge is 0.360 e. The smallest absolute Gasteiger partial charge is 0.323 e. The van der Waals surface area contributed by atoms with Gasteiger partial charge in [0.25, 0.3) is 0 Å². The van der Waals surface area contributed by atoms with E-state index >= 15 is 0 Å². The van der Waals surface area contributed by atoms with E-state index in [-0.39, 0.29) is 5.91 Å². The van der Waals surface area contributed by atoms with Crippen LogP contribution in [0.4, 0.5) is 16.3 Å². The Bertz CT molecular complexity index is 776. The molecule has 8 heteroatoms. The summed E-state index contributed by atoms with van der Waals surface area (Å²) in [5.74, 6) is 0.754. The summed E-state index contributed by atoms with van der Waals surface area (Å²) in [5.41, 5.74) is 0.660. The van der Waals surface area contributed by atoms with Gasteiger partial charge in [-0.2, -0.15) is 0 Å². The van der Waals surface area contributed by atoms with Crippen LogP contribution in [0.5, 0.6) is 0 Å². The van der Waals surface area contributed by atoms with Gasteiger partial charge < -0.3 is 14.3 Å². The predicted octanol–water partition coefficient (Wildman–Crippen LogP) is 2.91. The number of carbonyl (C=O) groups is 2. The summed E-state index contributed by atoms with van der Waals surface area (Å²) in [5, 5.41) is 6.83. The van der Waals surface area contributed by atoms with Crippen LogP contribution in [0.1, 0.15) is 12.2 Å². The number of aryl methyl sites for hydroxylation is 1. The third kappa shape index (κ3) is 3.07. The van der Waals surface area contributed by atoms with Crippen LogP contribution in [0.3, 0.4) is 0 Å². The second kappa shape index (κ2) is 6.52. The van der Waals surface area contributed by atoms with E-state index in [2.05, 4.69) is 10.5 Å². The molecule has 1 saturated heterocycles. The molecule has 3 amide bonds. The maximum Gasteiger partial charge on any atom is 0.323 e. The van der Waals surface area contributed by atoms with Crippen LogP contribution < -0.4 is 10.2 Å². The summed E-state index contributed by atoms with van der Waals surface area (Å²) in [7, 11) is 1.58. The van der Waals surface area contributed by atoms with Crippen LogP contribution in [-0.4, -0.2) is 41.6 Å². The number of hydrogen-bond acceptors (Lipinski definition) is 4. The Morgan fingerprint density at radius 1 is 1.46 bits per heavy atom. The van der Waals surface area contributed by atoms with Gasteiger partial charge in [-0.3, -0.25) is 10.1 Å². The molecule has 0 aliphatic carbocycles. The summed E-state index contributed by atoms with van der Waals surface area (Å²) < 4.78 is 4.91. The van der Waals surface area contributed by atoms with Gasteiger partial charge in [-0.05, 0) is 25.5 Å². The second-order valence-electron chi connectivity index (χ2n) is 5.61. The van der Waals surface area contributed by atoms with E-state index in [1.807, 2.05) is 12.1 Å². The molecular formula is C16H17ClN4O3. The van der Waals surface area contributed by atoms with E-state index in [9.17, 15) is 9.59 Å². The van der Waals surface area contributed by atoms with Gasteiger partial charge in [0, 0.05) is 19.7 Å². The van der Waals surface area contributed by atoms with E-state index in [0.29, 0.717) is 35.3 Å². The first-order valence-corrected chi connectivity index (χ1v) is 7.88. The predicted molar refractivity (Wildman–Crippen MR) is 90.2 cm³/mol. The molecule has 0 radical (unpaired) electrons. The Kier molecular flexibility index (Phi) is 4.44. The maximum atomic E-state index is 12.7. The molecule has 1 aliphatic rings. The van der Waals surface area contributed by atoms with Crippen molar-refractivity contribution in [1.82, 2.24) is 10.1 Å². The number of halogens is 1. The first-order valence-electron chi connectivity index (χ1n) is 7.50. The second-order valence-corrected chi connectivity index (χ2v) is 6.02. The Morgan fingerprint density at radius 2 is 2.21 bits per heavy atom. The minimum absolute atomic E-state index is 0.155. The zero-order valence-corrected chi connectivity index (χ0v) is 14.1. The first-order chi connectivity index (χ1) is 11.5. The SMILES string of the molecule is Cc1cc(NC(=O)N(C)[C@@H]2CCN(c3ccccc3Cl)C2=O)no1. The highest BCUT2D eigenvalue weighted by Gasteiger charge is 2.38. The highest BCUT2D eigenvalue weighted by atomic mass is 35.5. The lowest BCUT2D eigenvalue weighted by Crippen LogP contribution is -2.44. The molecule has 24 heavy (non-hydrogen) atoms. The van der Waals surface area contributed by atoms with Crippen molar-refractivity contribution >= 4 is 35.0 Å². The summed E-state index contributed by atoms with van der Waals surface area (Å²) in [6.45, 7) is 2.24. The minimum atomic E-state index is -0.547. The lowest BCUT2D eigenvalue weighted by atomic mass is 10.2. The molecule has 2 heterocycles. The molecule has 0 spiro atoms. The van der Waals surface area contributed by atoms with Gasteiger partial charge in [0.15, 0.2) is 5.82 Å². The van der Waals surface area contributed by atoms with Crippen molar-refractivity contribution in [3.8, 4) is 0 Å². The molecule has 3 rings (SSSR count). The Labute approximate surface area is 144 Å². The normalized spacial score (nSPS) is 17.2. The molecule has 1 aliphatic heterocycles. The fourth-order valence-corrected chi connectivity index (χ4v) is 2.94. The molecule has 2 aromatic rings. The molecule has 1 atom stereocenters. The molecule has 126 valence electrons. The molecule has 0 bridgehead atoms. The van der Waals surface area contributed by atoms with E-state index in [0.717, 1.165) is 0 Å². The fourth-order valence-electron chi connectivity index (χ4n) is 2.70. The monoisotopic (exact) mass is 348 g/mol. The molecule has 1 N–H and O–H groups in total. The van der Waals surface area contributed by atoms with Crippen LogP contribution in [0.2, 0.25) is 5.02 Å². The number of nitrogens with one attached hydrogen (secondary N) is 1. The number of likely N-dealkylation sites (N-methyl/N-ethyl adjacent to an activating group) is 1. The van der Waals surface area contributed by atoms with Crippen LogP contribution >= 0.6 is 11.6 Å². The zero-order chi connectivity index (χ0) is 17.3. The van der Waals surface area contributed by atoms with Crippen LogP contribution in [0, 0.1) is 6.92 Å². The summed E-state index contributed by atoms with van der Waals surface area (Å²) in [4.78, 5) is 28.0. The van der Waals surface area contributed by atoms with Crippen molar-refractivity contribution in [3.05, 3.63) is 41.1 Å². The fraction of sp³-hybridized carbons (Fsp3) is 0.312. The number of amides is 3. The Balaban J connectivity index is 1.70. The quantitative estimate of drug-likeness (QED) is 0.925. The molecular weight excluding hydrogens is 332 g/mol. The average Bonchev–Trinajstić information content (AvgIpc) is 3.13. The van der Waals surface area contributed by atoms with Gasteiger partial charge in [0.2, 0.25) is 5.91 Å². The summed E-state index contributed by atoms with van der Waals surface area (Å²) in [6.07, 6.45) is 0.534. The van der Waals surface area contributed by atoms with Gasteiger partial charge in [-0.25, -0.2) is 4.79 Å². The molecule has 0 saturated carbocycles. The topological polar surface area (TPSA) is 78.7 Å². The van der Waals surface area contributed by atoms with E-state index in [1.165, 1.54) is 4.90 Å². The first kappa shape index (κ1) is 16.3. The van der Waals surface area contributed by atoms with Crippen molar-refractivity contribution in [2.24, 2.45) is 0 Å². The lowest BCUT2D eigenvalue weighted by molar-refractivity contribution is -0.120. The average molecular weight is 349 g/mol. The van der Waals surface area contributed by atoms with E-state index in [4.69, 9.17) is 16.1 Å². The highest BCUT2D eigenvalue weighted by molar-refractivity contribution is 6.34. The van der Waals surface area contributed by atoms with E-state index in [1.54, 1.807) is 37.1 Å². The molecule has 1 aromatic heterocycles. The number of nitrogens with zero attached hydrogens (tertiary/aromatic N) is 3. The molecule has 1 fully saturated rings. The Morgan fingerprint density at radius 3 is 2.88 bits per heavy atom. The van der Waals surface area contributed by atoms with Crippen molar-refractivity contribution in [2.45, 2.75) is 19.4 Å². The Hall–Kier alpha value is -2.54. The number of aromatic nitrogens is 1. The van der Waals surface area contributed by atoms with Gasteiger partial charge >= 0.3 is 6.03 Å². The number of carbonyl (C=O) groups excluding carboxylic acids is 2. The third-order valence-corrected chi connectivity index (χ3v) is 4.29. The van der Waals surface area contributed by atoms with Crippen molar-refractivity contribution in [2.75, 3.05) is 23.8 Å². The number of anilines is 2. The number of urea groups is 1. The van der Waals surface area contributed by atoms with Gasteiger partial charge in [0.05, 0.1) is 10.7 Å². The standard InChI is InChI=1S/C16H17ClN4O3/c1-10-9-14(19-24-10)18-16(23)20(2)13-7-8-21(15(13)22)12-6-4-3-5-11(12)17/h3-6,9,13H,7-8H2,1-2H3,(H,18,19,23)/t13-/m1/s1. The van der Waals surface area contributed by atoms with E-state index < -0.39 is 12.1 Å². The molecule has 0 unspecified atom stereocenters. The highest BCUT2D eigenvalue weighted by Crippen LogP contribution is 2.30. The number of rotatable bonds is 3. The van der Waals surface area contributed by atoms with Gasteiger partial charge in [-0.1, -0.05) is 28.9 Å². The van der Waals surface area contributed by atoms with Crippen LogP contribution in [0.15, 0.2) is 34.9 Å². The number of hydrogen-bond donors (Lipinski definition) is 1. The lowest BCUT2D eigenvalue weighted by Gasteiger charge is -2.24. The summed E-state index contributed by atoms with van der Waals surface area (Å²) in [6, 6.07) is 7.81. The van der Waals surface area contributed by atoms with Gasteiger partial charge in [0.1, 0.15) is 11.8 Å².